The highest BCUT2D eigenvalue weighted by atomic mass is 16.5. The lowest BCUT2D eigenvalue weighted by Gasteiger charge is -2.31. The Balaban J connectivity index is 1.50. The Hall–Kier alpha value is -3.59. The van der Waals surface area contributed by atoms with E-state index in [2.05, 4.69) is 10.6 Å². The summed E-state index contributed by atoms with van der Waals surface area (Å²) in [5.41, 5.74) is 2.55. The first-order valence-corrected chi connectivity index (χ1v) is 10.9. The minimum absolute atomic E-state index is 0.0741. The van der Waals surface area contributed by atoms with Crippen LogP contribution in [0, 0.1) is 0 Å². The number of ether oxygens (including phenoxy) is 2. The molecule has 33 heavy (non-hydrogen) atoms. The van der Waals surface area contributed by atoms with Crippen molar-refractivity contribution in [2.75, 3.05) is 39.9 Å². The summed E-state index contributed by atoms with van der Waals surface area (Å²) in [6, 6.07) is 13.2. The van der Waals surface area contributed by atoms with Gasteiger partial charge in [0.2, 0.25) is 0 Å². The molecule has 4 rings (SSSR count). The van der Waals surface area contributed by atoms with E-state index in [0.717, 1.165) is 11.1 Å². The molecule has 2 aliphatic heterocycles. The smallest absolute Gasteiger partial charge is 0.407 e. The average Bonchev–Trinajstić information content (AvgIpc) is 3.27. The summed E-state index contributed by atoms with van der Waals surface area (Å²) in [5.74, 6) is -0.203. The fourth-order valence-electron chi connectivity index (χ4n) is 4.24. The van der Waals surface area contributed by atoms with Crippen LogP contribution in [0.4, 0.5) is 4.79 Å². The van der Waals surface area contributed by atoms with Crippen LogP contribution in [-0.2, 0) is 4.74 Å². The molecule has 0 bridgehead atoms. The number of morpholine rings is 1. The summed E-state index contributed by atoms with van der Waals surface area (Å²) in [6.45, 7) is 1.68. The minimum Gasteiger partial charge on any atom is -0.491 e. The highest BCUT2D eigenvalue weighted by molar-refractivity contribution is 6.02. The third kappa shape index (κ3) is 4.93. The number of amides is 3. The molecule has 2 atom stereocenters. The number of hydrogen-bond donors (Lipinski definition) is 3. The maximum absolute atomic E-state index is 12.9. The number of carbonyl (C=O) groups excluding carboxylic acids is 2. The zero-order chi connectivity index (χ0) is 23.4. The van der Waals surface area contributed by atoms with E-state index >= 15 is 0 Å². The predicted molar refractivity (Wildman–Crippen MR) is 120 cm³/mol. The van der Waals surface area contributed by atoms with Gasteiger partial charge in [-0.25, -0.2) is 4.79 Å². The van der Waals surface area contributed by atoms with E-state index in [4.69, 9.17) is 14.6 Å². The van der Waals surface area contributed by atoms with E-state index in [1.807, 2.05) is 30.3 Å². The molecule has 9 nitrogen and oxygen atoms in total. The summed E-state index contributed by atoms with van der Waals surface area (Å²) < 4.78 is 11.5. The van der Waals surface area contributed by atoms with E-state index in [0.29, 0.717) is 49.6 Å². The number of rotatable bonds is 6. The molecule has 0 spiro atoms. The van der Waals surface area contributed by atoms with Gasteiger partial charge in [-0.1, -0.05) is 30.3 Å². The van der Waals surface area contributed by atoms with Crippen LogP contribution in [0.25, 0.3) is 0 Å². The highest BCUT2D eigenvalue weighted by Crippen LogP contribution is 2.41. The normalized spacial score (nSPS) is 19.4. The van der Waals surface area contributed by atoms with Gasteiger partial charge in [0.1, 0.15) is 5.75 Å². The van der Waals surface area contributed by atoms with E-state index < -0.39 is 6.09 Å². The van der Waals surface area contributed by atoms with Crippen molar-refractivity contribution in [2.24, 2.45) is 0 Å². The monoisotopic (exact) mass is 453 g/mol. The lowest BCUT2D eigenvalue weighted by atomic mass is 9.90. The molecule has 2 aliphatic rings. The van der Waals surface area contributed by atoms with Gasteiger partial charge in [0.15, 0.2) is 0 Å². The zero-order valence-corrected chi connectivity index (χ0v) is 18.4. The number of carboxylic acid groups (broad SMARTS) is 1. The van der Waals surface area contributed by atoms with Crippen molar-refractivity contribution in [3.8, 4) is 5.75 Å². The fourth-order valence-corrected chi connectivity index (χ4v) is 4.24. The van der Waals surface area contributed by atoms with Crippen LogP contribution in [0.3, 0.4) is 0 Å². The van der Waals surface area contributed by atoms with Crippen LogP contribution in [0.15, 0.2) is 42.5 Å². The summed E-state index contributed by atoms with van der Waals surface area (Å²) in [5, 5.41) is 14.6. The average molecular weight is 453 g/mol. The SMILES string of the molecule is CNC(=O)c1cc(C(=O)NCCC2CN(C(=O)O)CCO2)cc2c1OCC2c1ccccc1. The molecule has 3 N–H and O–H groups in total. The molecule has 1 saturated heterocycles. The van der Waals surface area contributed by atoms with Crippen LogP contribution < -0.4 is 15.4 Å². The minimum atomic E-state index is -0.970. The molecule has 2 aromatic rings. The molecule has 0 aromatic heterocycles. The van der Waals surface area contributed by atoms with Crippen LogP contribution in [-0.4, -0.2) is 73.9 Å². The fraction of sp³-hybridized carbons (Fsp3) is 0.375. The number of nitrogens with zero attached hydrogens (tertiary/aromatic N) is 1. The van der Waals surface area contributed by atoms with E-state index in [1.54, 1.807) is 12.1 Å². The van der Waals surface area contributed by atoms with Crippen LogP contribution in [0.2, 0.25) is 0 Å². The molecular formula is C24H27N3O6. The molecule has 9 heteroatoms. The number of carbonyl (C=O) groups is 3. The molecule has 0 aliphatic carbocycles. The van der Waals surface area contributed by atoms with Gasteiger partial charge in [-0.3, -0.25) is 9.59 Å². The Bertz CT molecular complexity index is 1040. The van der Waals surface area contributed by atoms with Crippen molar-refractivity contribution in [1.29, 1.82) is 0 Å². The van der Waals surface area contributed by atoms with Gasteiger partial charge >= 0.3 is 6.09 Å². The lowest BCUT2D eigenvalue weighted by molar-refractivity contribution is -0.0247. The van der Waals surface area contributed by atoms with Crippen LogP contribution in [0.1, 0.15) is 44.2 Å². The van der Waals surface area contributed by atoms with E-state index in [9.17, 15) is 14.4 Å². The first kappa shape index (κ1) is 22.6. The van der Waals surface area contributed by atoms with E-state index in [1.165, 1.54) is 11.9 Å². The highest BCUT2D eigenvalue weighted by Gasteiger charge is 2.31. The van der Waals surface area contributed by atoms with Gasteiger partial charge in [0.25, 0.3) is 11.8 Å². The molecule has 2 heterocycles. The molecule has 2 aromatic carbocycles. The summed E-state index contributed by atoms with van der Waals surface area (Å²) in [6.07, 6.45) is -0.756. The Kier molecular flexibility index (Phi) is 6.79. The van der Waals surface area contributed by atoms with Gasteiger partial charge in [-0.15, -0.1) is 0 Å². The molecule has 3 amide bonds. The standard InChI is InChI=1S/C24H27N3O6/c1-25-23(29)19-12-16(11-18-20(14-33-21(18)19)15-5-3-2-4-6-15)22(28)26-8-7-17-13-27(24(30)31)9-10-32-17/h2-6,11-12,17,20H,7-10,13-14H2,1H3,(H,25,29)(H,26,28)(H,30,31). The maximum Gasteiger partial charge on any atom is 0.407 e. The Morgan fingerprint density at radius 1 is 1.15 bits per heavy atom. The number of fused-ring (bicyclic) bond motifs is 1. The van der Waals surface area contributed by atoms with Crippen LogP contribution in [0.5, 0.6) is 5.75 Å². The molecule has 174 valence electrons. The van der Waals surface area contributed by atoms with Crippen molar-refractivity contribution in [2.45, 2.75) is 18.4 Å². The van der Waals surface area contributed by atoms with Gasteiger partial charge in [0, 0.05) is 37.2 Å². The van der Waals surface area contributed by atoms with Gasteiger partial charge in [0.05, 0.1) is 31.4 Å². The second kappa shape index (κ2) is 9.91. The second-order valence-corrected chi connectivity index (χ2v) is 8.06. The third-order valence-corrected chi connectivity index (χ3v) is 5.98. The first-order valence-electron chi connectivity index (χ1n) is 10.9. The zero-order valence-electron chi connectivity index (χ0n) is 18.4. The number of hydrogen-bond acceptors (Lipinski definition) is 5. The topological polar surface area (TPSA) is 117 Å². The molecule has 0 saturated carbocycles. The number of nitrogens with one attached hydrogen (secondary N) is 2. The summed E-state index contributed by atoms with van der Waals surface area (Å²) in [7, 11) is 1.54. The van der Waals surface area contributed by atoms with Crippen molar-refractivity contribution < 1.29 is 29.0 Å². The summed E-state index contributed by atoms with van der Waals surface area (Å²) in [4.78, 5) is 37.9. The molecular weight excluding hydrogens is 426 g/mol. The number of benzene rings is 2. The predicted octanol–water partition coefficient (Wildman–Crippen LogP) is 2.07. The van der Waals surface area contributed by atoms with Crippen molar-refractivity contribution in [1.82, 2.24) is 15.5 Å². The molecule has 2 unspecified atom stereocenters. The Labute approximate surface area is 191 Å². The first-order chi connectivity index (χ1) is 16.0. The maximum atomic E-state index is 12.9. The van der Waals surface area contributed by atoms with Crippen molar-refractivity contribution in [3.05, 3.63) is 64.7 Å². The Morgan fingerprint density at radius 2 is 1.94 bits per heavy atom. The van der Waals surface area contributed by atoms with Gasteiger partial charge < -0.3 is 30.1 Å². The summed E-state index contributed by atoms with van der Waals surface area (Å²) >= 11 is 0. The van der Waals surface area contributed by atoms with Crippen molar-refractivity contribution >= 4 is 17.9 Å². The van der Waals surface area contributed by atoms with Gasteiger partial charge in [-0.05, 0) is 24.1 Å². The van der Waals surface area contributed by atoms with Crippen molar-refractivity contribution in [3.63, 3.8) is 0 Å². The van der Waals surface area contributed by atoms with E-state index in [-0.39, 0.29) is 30.4 Å². The van der Waals surface area contributed by atoms with Crippen LogP contribution >= 0.6 is 0 Å². The van der Waals surface area contributed by atoms with Gasteiger partial charge in [-0.2, -0.15) is 0 Å². The molecule has 1 fully saturated rings. The Morgan fingerprint density at radius 3 is 2.67 bits per heavy atom. The second-order valence-electron chi connectivity index (χ2n) is 8.06. The molecule has 0 radical (unpaired) electrons. The quantitative estimate of drug-likeness (QED) is 0.617. The third-order valence-electron chi connectivity index (χ3n) is 5.98. The largest absolute Gasteiger partial charge is 0.491 e. The lowest BCUT2D eigenvalue weighted by Crippen LogP contribution is -2.46.